The molecule has 0 heterocycles. The smallest absolute Gasteiger partial charge is 0.179 e. The van der Waals surface area contributed by atoms with Gasteiger partial charge in [-0.05, 0) is 12.5 Å². The van der Waals surface area contributed by atoms with Gasteiger partial charge in [0.2, 0.25) is 0 Å². The van der Waals surface area contributed by atoms with E-state index in [1.807, 2.05) is 0 Å². The van der Waals surface area contributed by atoms with E-state index in [1.165, 1.54) is 0 Å². The summed E-state index contributed by atoms with van der Waals surface area (Å²) in [5.41, 5.74) is 6.82. The molecule has 0 aliphatic carbocycles. The Hall–Kier alpha value is -1.19. The minimum Gasteiger partial charge on any atom is -0.392 e. The lowest BCUT2D eigenvalue weighted by Gasteiger charge is -2.04. The van der Waals surface area contributed by atoms with Gasteiger partial charge in [0.1, 0.15) is 0 Å². The van der Waals surface area contributed by atoms with Crippen molar-refractivity contribution in [3.05, 3.63) is 35.4 Å². The van der Waals surface area contributed by atoms with Crippen molar-refractivity contribution in [2.24, 2.45) is 5.73 Å². The van der Waals surface area contributed by atoms with Gasteiger partial charge >= 0.3 is 0 Å². The van der Waals surface area contributed by atoms with Crippen LogP contribution in [0.25, 0.3) is 0 Å². The first-order chi connectivity index (χ1) is 6.15. The second-order valence-corrected chi connectivity index (χ2v) is 3.01. The number of nitrogens with two attached hydrogens (primary N) is 1. The van der Waals surface area contributed by atoms with Gasteiger partial charge in [-0.1, -0.05) is 24.3 Å². The monoisotopic (exact) mass is 179 g/mol. The Bertz CT molecular complexity index is 290. The zero-order valence-electron chi connectivity index (χ0n) is 7.53. The van der Waals surface area contributed by atoms with E-state index in [9.17, 15) is 4.79 Å². The third kappa shape index (κ3) is 2.37. The number of carbonyl (C=O) groups excluding carboxylic acids is 1. The fraction of sp³-hybridized carbons (Fsp3) is 0.300. The average molecular weight is 179 g/mol. The molecule has 0 saturated carbocycles. The van der Waals surface area contributed by atoms with E-state index in [0.29, 0.717) is 5.56 Å². The number of aliphatic hydroxyl groups excluding tert-OH is 1. The molecule has 0 aliphatic heterocycles. The number of rotatable bonds is 3. The topological polar surface area (TPSA) is 63.3 Å². The first-order valence-corrected chi connectivity index (χ1v) is 4.14. The van der Waals surface area contributed by atoms with Crippen LogP contribution in [0.4, 0.5) is 0 Å². The van der Waals surface area contributed by atoms with Crippen molar-refractivity contribution in [2.75, 3.05) is 0 Å². The first kappa shape index (κ1) is 9.89. The normalized spacial score (nSPS) is 12.5. The third-order valence-corrected chi connectivity index (χ3v) is 1.83. The second kappa shape index (κ2) is 4.16. The van der Waals surface area contributed by atoms with Gasteiger partial charge in [-0.3, -0.25) is 4.79 Å². The standard InChI is InChI=1S/C10H13NO2/c1-7(11)10(13)9-4-2-8(6-12)3-5-9/h2-5,7,12H,6,11H2,1H3/t7-/m0/s1. The molecule has 0 aromatic heterocycles. The highest BCUT2D eigenvalue weighted by atomic mass is 16.3. The van der Waals surface area contributed by atoms with Crippen LogP contribution >= 0.6 is 0 Å². The third-order valence-electron chi connectivity index (χ3n) is 1.83. The van der Waals surface area contributed by atoms with Gasteiger partial charge in [-0.15, -0.1) is 0 Å². The molecule has 0 amide bonds. The average Bonchev–Trinajstić information content (AvgIpc) is 2.17. The number of Topliss-reactive ketones (excluding diaryl/α,β-unsaturated/α-hetero) is 1. The first-order valence-electron chi connectivity index (χ1n) is 4.14. The predicted octanol–water partition coefficient (Wildman–Crippen LogP) is 0.709. The summed E-state index contributed by atoms with van der Waals surface area (Å²) < 4.78 is 0. The second-order valence-electron chi connectivity index (χ2n) is 3.01. The SMILES string of the molecule is C[C@H](N)C(=O)c1ccc(CO)cc1. The van der Waals surface area contributed by atoms with E-state index in [2.05, 4.69) is 0 Å². The summed E-state index contributed by atoms with van der Waals surface area (Å²) in [6.45, 7) is 1.65. The van der Waals surface area contributed by atoms with Crippen molar-refractivity contribution >= 4 is 5.78 Å². The quantitative estimate of drug-likeness (QED) is 0.672. The van der Waals surface area contributed by atoms with Crippen LogP contribution < -0.4 is 5.73 Å². The van der Waals surface area contributed by atoms with E-state index in [-0.39, 0.29) is 12.4 Å². The molecule has 0 bridgehead atoms. The Balaban J connectivity index is 2.86. The maximum absolute atomic E-state index is 11.4. The number of carbonyl (C=O) groups is 1. The Kier molecular flexibility index (Phi) is 3.17. The molecule has 0 aliphatic rings. The summed E-state index contributed by atoms with van der Waals surface area (Å²) >= 11 is 0. The van der Waals surface area contributed by atoms with Crippen molar-refractivity contribution in [1.29, 1.82) is 0 Å². The fourth-order valence-corrected chi connectivity index (χ4v) is 1.04. The van der Waals surface area contributed by atoms with Gasteiger partial charge in [0.15, 0.2) is 5.78 Å². The molecular formula is C10H13NO2. The highest BCUT2D eigenvalue weighted by Gasteiger charge is 2.09. The molecule has 0 radical (unpaired) electrons. The minimum absolute atomic E-state index is 0.00729. The molecule has 3 heteroatoms. The molecule has 13 heavy (non-hydrogen) atoms. The number of benzene rings is 1. The summed E-state index contributed by atoms with van der Waals surface area (Å²) in [7, 11) is 0. The lowest BCUT2D eigenvalue weighted by atomic mass is 10.0. The predicted molar refractivity (Wildman–Crippen MR) is 50.3 cm³/mol. The lowest BCUT2D eigenvalue weighted by molar-refractivity contribution is 0.0968. The Morgan fingerprint density at radius 2 is 2.00 bits per heavy atom. The Labute approximate surface area is 77.2 Å². The van der Waals surface area contributed by atoms with Crippen molar-refractivity contribution in [1.82, 2.24) is 0 Å². The van der Waals surface area contributed by atoms with E-state index < -0.39 is 6.04 Å². The van der Waals surface area contributed by atoms with Crippen LogP contribution in [-0.4, -0.2) is 16.9 Å². The van der Waals surface area contributed by atoms with Gasteiger partial charge < -0.3 is 10.8 Å². The number of aliphatic hydroxyl groups is 1. The molecule has 0 unspecified atom stereocenters. The van der Waals surface area contributed by atoms with Crippen LogP contribution in [0.3, 0.4) is 0 Å². The number of hydrogen-bond acceptors (Lipinski definition) is 3. The lowest BCUT2D eigenvalue weighted by Crippen LogP contribution is -2.26. The van der Waals surface area contributed by atoms with Crippen LogP contribution in [0, 0.1) is 0 Å². The fourth-order valence-electron chi connectivity index (χ4n) is 1.04. The summed E-state index contributed by atoms with van der Waals surface area (Å²) in [6.07, 6.45) is 0. The van der Waals surface area contributed by atoms with Gasteiger partial charge in [0, 0.05) is 5.56 Å². The van der Waals surface area contributed by atoms with E-state index >= 15 is 0 Å². The van der Waals surface area contributed by atoms with Crippen molar-refractivity contribution in [2.45, 2.75) is 19.6 Å². The molecular weight excluding hydrogens is 166 g/mol. The number of hydrogen-bond donors (Lipinski definition) is 2. The van der Waals surface area contributed by atoms with Gasteiger partial charge in [-0.2, -0.15) is 0 Å². The minimum atomic E-state index is -0.472. The molecule has 3 N–H and O–H groups in total. The van der Waals surface area contributed by atoms with Crippen molar-refractivity contribution in [3.8, 4) is 0 Å². The largest absolute Gasteiger partial charge is 0.392 e. The molecule has 1 atom stereocenters. The highest BCUT2D eigenvalue weighted by molar-refractivity contribution is 5.99. The molecule has 0 spiro atoms. The molecule has 1 rings (SSSR count). The van der Waals surface area contributed by atoms with E-state index in [1.54, 1.807) is 31.2 Å². The molecule has 1 aromatic carbocycles. The van der Waals surface area contributed by atoms with Crippen LogP contribution in [0.2, 0.25) is 0 Å². The van der Waals surface area contributed by atoms with Gasteiger partial charge in [0.05, 0.1) is 12.6 Å². The van der Waals surface area contributed by atoms with Crippen LogP contribution in [-0.2, 0) is 6.61 Å². The maximum atomic E-state index is 11.4. The summed E-state index contributed by atoms with van der Waals surface area (Å²) in [6, 6.07) is 6.32. The van der Waals surface area contributed by atoms with E-state index in [4.69, 9.17) is 10.8 Å². The molecule has 0 saturated heterocycles. The molecule has 1 aromatic rings. The molecule has 3 nitrogen and oxygen atoms in total. The van der Waals surface area contributed by atoms with Gasteiger partial charge in [-0.25, -0.2) is 0 Å². The zero-order chi connectivity index (χ0) is 9.84. The van der Waals surface area contributed by atoms with Crippen LogP contribution in [0.15, 0.2) is 24.3 Å². The summed E-state index contributed by atoms with van der Waals surface area (Å²) in [5, 5.41) is 8.77. The van der Waals surface area contributed by atoms with Crippen molar-refractivity contribution in [3.63, 3.8) is 0 Å². The number of ketones is 1. The van der Waals surface area contributed by atoms with Crippen LogP contribution in [0.1, 0.15) is 22.8 Å². The van der Waals surface area contributed by atoms with Crippen LogP contribution in [0.5, 0.6) is 0 Å². The van der Waals surface area contributed by atoms with E-state index in [0.717, 1.165) is 5.56 Å². The Morgan fingerprint density at radius 1 is 1.46 bits per heavy atom. The molecule has 0 fully saturated rings. The summed E-state index contributed by atoms with van der Waals surface area (Å²) in [5.74, 6) is -0.0792. The zero-order valence-corrected chi connectivity index (χ0v) is 7.53. The summed E-state index contributed by atoms with van der Waals surface area (Å²) in [4.78, 5) is 11.4. The highest BCUT2D eigenvalue weighted by Crippen LogP contribution is 2.06. The molecule has 70 valence electrons. The maximum Gasteiger partial charge on any atom is 0.179 e. The van der Waals surface area contributed by atoms with Gasteiger partial charge in [0.25, 0.3) is 0 Å². The van der Waals surface area contributed by atoms with Crippen molar-refractivity contribution < 1.29 is 9.90 Å². The Morgan fingerprint density at radius 3 is 2.38 bits per heavy atom.